The second-order valence-corrected chi connectivity index (χ2v) is 4.31. The largest absolute Gasteiger partial charge is 0.459 e. The summed E-state index contributed by atoms with van der Waals surface area (Å²) in [6, 6.07) is 6.79. The van der Waals surface area contributed by atoms with Crippen molar-refractivity contribution in [2.75, 3.05) is 36.5 Å². The Kier molecular flexibility index (Phi) is 3.60. The minimum Gasteiger partial charge on any atom is -0.459 e. The Morgan fingerprint density at radius 3 is 2.70 bits per heavy atom. The van der Waals surface area contributed by atoms with Gasteiger partial charge >= 0.3 is 0 Å². The molecule has 1 amide bonds. The Bertz CT molecular complexity index is 562. The van der Waals surface area contributed by atoms with Crippen molar-refractivity contribution in [3.8, 4) is 0 Å². The van der Waals surface area contributed by atoms with Gasteiger partial charge in [0, 0.05) is 13.1 Å². The molecule has 1 aliphatic rings. The van der Waals surface area contributed by atoms with Crippen LogP contribution in [0.2, 0.25) is 0 Å². The molecule has 2 aromatic rings. The SMILES string of the molecule is O=C(Nc1ccc(N2CCOCC2)nn1)c1ccco1. The number of furan rings is 1. The van der Waals surface area contributed by atoms with Crippen LogP contribution in [-0.4, -0.2) is 42.4 Å². The second-order valence-electron chi connectivity index (χ2n) is 4.31. The number of anilines is 2. The molecule has 1 aliphatic heterocycles. The topological polar surface area (TPSA) is 80.5 Å². The van der Waals surface area contributed by atoms with Crippen LogP contribution in [0.15, 0.2) is 34.9 Å². The Morgan fingerprint density at radius 1 is 1.20 bits per heavy atom. The third-order valence-electron chi connectivity index (χ3n) is 2.97. The van der Waals surface area contributed by atoms with E-state index in [1.165, 1.54) is 6.26 Å². The Balaban J connectivity index is 1.65. The Labute approximate surface area is 115 Å². The van der Waals surface area contributed by atoms with E-state index in [0.29, 0.717) is 19.0 Å². The third-order valence-corrected chi connectivity index (χ3v) is 2.97. The predicted octanol–water partition coefficient (Wildman–Crippen LogP) is 1.16. The molecule has 0 spiro atoms. The van der Waals surface area contributed by atoms with Gasteiger partial charge in [-0.25, -0.2) is 0 Å². The van der Waals surface area contributed by atoms with E-state index in [1.807, 2.05) is 6.07 Å². The van der Waals surface area contributed by atoms with Crippen molar-refractivity contribution in [2.45, 2.75) is 0 Å². The average Bonchev–Trinajstić information content (AvgIpc) is 3.03. The molecule has 0 unspecified atom stereocenters. The van der Waals surface area contributed by atoms with Crippen LogP contribution in [-0.2, 0) is 4.74 Å². The monoisotopic (exact) mass is 274 g/mol. The molecule has 104 valence electrons. The fourth-order valence-corrected chi connectivity index (χ4v) is 1.94. The van der Waals surface area contributed by atoms with Crippen LogP contribution in [0, 0.1) is 0 Å². The van der Waals surface area contributed by atoms with Crippen molar-refractivity contribution in [1.29, 1.82) is 0 Å². The highest BCUT2D eigenvalue weighted by molar-refractivity contribution is 6.01. The lowest BCUT2D eigenvalue weighted by Gasteiger charge is -2.27. The Hall–Kier alpha value is -2.41. The quantitative estimate of drug-likeness (QED) is 0.904. The molecule has 0 atom stereocenters. The lowest BCUT2D eigenvalue weighted by molar-refractivity contribution is 0.0996. The maximum Gasteiger partial charge on any atom is 0.292 e. The first-order valence-electron chi connectivity index (χ1n) is 6.34. The average molecular weight is 274 g/mol. The smallest absolute Gasteiger partial charge is 0.292 e. The highest BCUT2D eigenvalue weighted by atomic mass is 16.5. The molecule has 0 aromatic carbocycles. The number of hydrogen-bond acceptors (Lipinski definition) is 6. The summed E-state index contributed by atoms with van der Waals surface area (Å²) in [6.07, 6.45) is 1.45. The van der Waals surface area contributed by atoms with Crippen molar-refractivity contribution in [1.82, 2.24) is 10.2 Å². The van der Waals surface area contributed by atoms with E-state index in [0.717, 1.165) is 18.9 Å². The summed E-state index contributed by atoms with van der Waals surface area (Å²) in [5.41, 5.74) is 0. The van der Waals surface area contributed by atoms with E-state index >= 15 is 0 Å². The van der Waals surface area contributed by atoms with Gasteiger partial charge in [0.15, 0.2) is 17.4 Å². The van der Waals surface area contributed by atoms with Gasteiger partial charge in [-0.2, -0.15) is 0 Å². The molecular formula is C13H14N4O3. The minimum atomic E-state index is -0.344. The van der Waals surface area contributed by atoms with Gasteiger partial charge in [-0.3, -0.25) is 4.79 Å². The fraction of sp³-hybridized carbons (Fsp3) is 0.308. The van der Waals surface area contributed by atoms with Crippen molar-refractivity contribution < 1.29 is 13.9 Å². The number of aromatic nitrogens is 2. The molecule has 3 rings (SSSR count). The normalized spacial score (nSPS) is 15.1. The molecule has 7 nitrogen and oxygen atoms in total. The van der Waals surface area contributed by atoms with Gasteiger partial charge in [0.1, 0.15) is 0 Å². The molecule has 1 fully saturated rings. The van der Waals surface area contributed by atoms with E-state index in [-0.39, 0.29) is 11.7 Å². The lowest BCUT2D eigenvalue weighted by atomic mass is 10.4. The van der Waals surface area contributed by atoms with Gasteiger partial charge in [0.25, 0.3) is 5.91 Å². The standard InChI is InChI=1S/C13H14N4O3/c18-13(10-2-1-7-20-10)14-11-3-4-12(16-15-11)17-5-8-19-9-6-17/h1-4,7H,5-6,8-9H2,(H,14,15,18). The molecular weight excluding hydrogens is 260 g/mol. The van der Waals surface area contributed by atoms with E-state index in [1.54, 1.807) is 18.2 Å². The molecule has 7 heteroatoms. The third kappa shape index (κ3) is 2.77. The predicted molar refractivity (Wildman–Crippen MR) is 71.7 cm³/mol. The van der Waals surface area contributed by atoms with Crippen LogP contribution < -0.4 is 10.2 Å². The molecule has 0 radical (unpaired) electrons. The van der Waals surface area contributed by atoms with Gasteiger partial charge in [0.2, 0.25) is 0 Å². The molecule has 20 heavy (non-hydrogen) atoms. The van der Waals surface area contributed by atoms with Crippen molar-refractivity contribution in [3.63, 3.8) is 0 Å². The van der Waals surface area contributed by atoms with Gasteiger partial charge in [-0.15, -0.1) is 10.2 Å². The first-order valence-corrected chi connectivity index (χ1v) is 6.34. The van der Waals surface area contributed by atoms with Gasteiger partial charge < -0.3 is 19.4 Å². The number of ether oxygens (including phenoxy) is 1. The second kappa shape index (κ2) is 5.70. The fourth-order valence-electron chi connectivity index (χ4n) is 1.94. The van der Waals surface area contributed by atoms with Crippen LogP contribution in [0.4, 0.5) is 11.6 Å². The number of hydrogen-bond donors (Lipinski definition) is 1. The molecule has 3 heterocycles. The summed E-state index contributed by atoms with van der Waals surface area (Å²) in [4.78, 5) is 13.9. The summed E-state index contributed by atoms with van der Waals surface area (Å²) in [7, 11) is 0. The number of morpholine rings is 1. The molecule has 0 saturated carbocycles. The summed E-state index contributed by atoms with van der Waals surface area (Å²) < 4.78 is 10.3. The number of nitrogens with one attached hydrogen (secondary N) is 1. The van der Waals surface area contributed by atoms with Crippen LogP contribution in [0.25, 0.3) is 0 Å². The van der Waals surface area contributed by atoms with Crippen LogP contribution in [0.1, 0.15) is 10.6 Å². The summed E-state index contributed by atoms with van der Waals surface area (Å²) in [6.45, 7) is 2.98. The first kappa shape index (κ1) is 12.6. The minimum absolute atomic E-state index is 0.240. The van der Waals surface area contributed by atoms with Gasteiger partial charge in [-0.1, -0.05) is 0 Å². The molecule has 0 bridgehead atoms. The number of rotatable bonds is 3. The molecule has 2 aromatic heterocycles. The maximum absolute atomic E-state index is 11.8. The molecule has 0 aliphatic carbocycles. The maximum atomic E-state index is 11.8. The highest BCUT2D eigenvalue weighted by Gasteiger charge is 2.14. The summed E-state index contributed by atoms with van der Waals surface area (Å²) in [5.74, 6) is 1.07. The van der Waals surface area contributed by atoms with Crippen LogP contribution in [0.5, 0.6) is 0 Å². The van der Waals surface area contributed by atoms with Crippen LogP contribution >= 0.6 is 0 Å². The highest BCUT2D eigenvalue weighted by Crippen LogP contribution is 2.13. The summed E-state index contributed by atoms with van der Waals surface area (Å²) >= 11 is 0. The van der Waals surface area contributed by atoms with E-state index in [9.17, 15) is 4.79 Å². The van der Waals surface area contributed by atoms with Crippen LogP contribution in [0.3, 0.4) is 0 Å². The number of nitrogens with zero attached hydrogens (tertiary/aromatic N) is 3. The first-order chi connectivity index (χ1) is 9.83. The zero-order valence-electron chi connectivity index (χ0n) is 10.8. The Morgan fingerprint density at radius 2 is 2.05 bits per heavy atom. The summed E-state index contributed by atoms with van der Waals surface area (Å²) in [5, 5.41) is 10.7. The molecule has 1 saturated heterocycles. The van der Waals surface area contributed by atoms with Crippen molar-refractivity contribution in [3.05, 3.63) is 36.3 Å². The van der Waals surface area contributed by atoms with Crippen molar-refractivity contribution in [2.24, 2.45) is 0 Å². The van der Waals surface area contributed by atoms with Gasteiger partial charge in [0.05, 0.1) is 19.5 Å². The number of carbonyl (C=O) groups is 1. The van der Waals surface area contributed by atoms with E-state index < -0.39 is 0 Å². The lowest BCUT2D eigenvalue weighted by Crippen LogP contribution is -2.36. The zero-order chi connectivity index (χ0) is 13.8. The number of carbonyl (C=O) groups excluding carboxylic acids is 1. The number of amides is 1. The van der Waals surface area contributed by atoms with E-state index in [2.05, 4.69) is 20.4 Å². The molecule has 1 N–H and O–H groups in total. The van der Waals surface area contributed by atoms with E-state index in [4.69, 9.17) is 9.15 Å². The zero-order valence-corrected chi connectivity index (χ0v) is 10.8. The van der Waals surface area contributed by atoms with Crippen molar-refractivity contribution >= 4 is 17.5 Å². The van der Waals surface area contributed by atoms with Gasteiger partial charge in [-0.05, 0) is 24.3 Å².